The van der Waals surface area contributed by atoms with E-state index in [0.29, 0.717) is 23.3 Å². The molecule has 0 saturated carbocycles. The van der Waals surface area contributed by atoms with Crippen LogP contribution in [0.2, 0.25) is 5.02 Å². The maximum atomic E-state index is 12.8. The molecule has 0 fully saturated rings. The van der Waals surface area contributed by atoms with E-state index in [4.69, 9.17) is 22.1 Å². The van der Waals surface area contributed by atoms with Crippen LogP contribution in [0.1, 0.15) is 0 Å². The molecule has 0 radical (unpaired) electrons. The minimum atomic E-state index is -0.237. The number of hydrogen-bond donors (Lipinski definition) is 2. The van der Waals surface area contributed by atoms with Gasteiger partial charge >= 0.3 is 0 Å². The van der Waals surface area contributed by atoms with Gasteiger partial charge in [-0.2, -0.15) is 0 Å². The number of anilines is 1. The molecule has 23 heavy (non-hydrogen) atoms. The van der Waals surface area contributed by atoms with Crippen molar-refractivity contribution in [1.29, 1.82) is 0 Å². The van der Waals surface area contributed by atoms with Gasteiger partial charge in [-0.1, -0.05) is 11.6 Å². The van der Waals surface area contributed by atoms with E-state index in [2.05, 4.69) is 10.3 Å². The Morgan fingerprint density at radius 2 is 2.04 bits per heavy atom. The predicted octanol–water partition coefficient (Wildman–Crippen LogP) is 4.01. The van der Waals surface area contributed by atoms with Crippen molar-refractivity contribution in [1.82, 2.24) is 0 Å². The summed E-state index contributed by atoms with van der Waals surface area (Å²) in [6.07, 6.45) is 0. The Kier molecular flexibility index (Phi) is 6.55. The van der Waals surface area contributed by atoms with E-state index in [0.717, 1.165) is 16.3 Å². The van der Waals surface area contributed by atoms with Gasteiger partial charge in [0.2, 0.25) is 0 Å². The summed E-state index contributed by atoms with van der Waals surface area (Å²) in [5.41, 5.74) is 6.57. The summed E-state index contributed by atoms with van der Waals surface area (Å²) >= 11 is 7.63. The fraction of sp³-hybridized carbons (Fsp3) is 0.188. The first-order chi connectivity index (χ1) is 11.1. The molecule has 0 bridgehead atoms. The van der Waals surface area contributed by atoms with Gasteiger partial charge in [0.05, 0.1) is 18.7 Å². The number of nitrogens with zero attached hydrogens (tertiary/aromatic N) is 1. The number of aliphatic imine (C=N–C) groups is 1. The molecule has 4 nitrogen and oxygen atoms in total. The monoisotopic (exact) mass is 353 g/mol. The molecule has 0 unspecified atom stereocenters. The van der Waals surface area contributed by atoms with Gasteiger partial charge in [-0.15, -0.1) is 11.8 Å². The Morgan fingerprint density at radius 3 is 2.70 bits per heavy atom. The summed E-state index contributed by atoms with van der Waals surface area (Å²) in [5.74, 6) is 1.42. The van der Waals surface area contributed by atoms with E-state index in [-0.39, 0.29) is 5.82 Å². The zero-order valence-corrected chi connectivity index (χ0v) is 14.1. The van der Waals surface area contributed by atoms with Gasteiger partial charge in [-0.05, 0) is 42.5 Å². The molecule has 2 rings (SSSR count). The smallest absolute Gasteiger partial charge is 0.193 e. The fourth-order valence-electron chi connectivity index (χ4n) is 1.79. The highest BCUT2D eigenvalue weighted by Crippen LogP contribution is 2.27. The zero-order valence-electron chi connectivity index (χ0n) is 12.6. The zero-order chi connectivity index (χ0) is 16.7. The molecule has 3 N–H and O–H groups in total. The lowest BCUT2D eigenvalue weighted by molar-refractivity contribution is 0.415. The van der Waals surface area contributed by atoms with Crippen molar-refractivity contribution < 1.29 is 9.13 Å². The van der Waals surface area contributed by atoms with Crippen molar-refractivity contribution in [3.63, 3.8) is 0 Å². The molecule has 0 aliphatic heterocycles. The highest BCUT2D eigenvalue weighted by Gasteiger charge is 2.02. The van der Waals surface area contributed by atoms with Crippen LogP contribution in [0.25, 0.3) is 0 Å². The summed E-state index contributed by atoms with van der Waals surface area (Å²) in [7, 11) is 1.56. The molecule has 0 amide bonds. The number of benzene rings is 2. The Bertz CT molecular complexity index is 680. The van der Waals surface area contributed by atoms with Gasteiger partial charge in [-0.3, -0.25) is 4.99 Å². The maximum Gasteiger partial charge on any atom is 0.193 e. The van der Waals surface area contributed by atoms with Gasteiger partial charge in [0.15, 0.2) is 5.96 Å². The highest BCUT2D eigenvalue weighted by atomic mass is 35.5. The van der Waals surface area contributed by atoms with Crippen LogP contribution in [-0.2, 0) is 0 Å². The number of hydrogen-bond acceptors (Lipinski definition) is 3. The molecule has 0 atom stereocenters. The second kappa shape index (κ2) is 8.64. The minimum Gasteiger partial charge on any atom is -0.495 e. The van der Waals surface area contributed by atoms with Crippen LogP contribution in [-0.4, -0.2) is 25.4 Å². The van der Waals surface area contributed by atoms with Gasteiger partial charge in [0.25, 0.3) is 0 Å². The summed E-state index contributed by atoms with van der Waals surface area (Å²) in [6, 6.07) is 11.6. The predicted molar refractivity (Wildman–Crippen MR) is 95.2 cm³/mol. The van der Waals surface area contributed by atoms with Crippen LogP contribution < -0.4 is 15.8 Å². The van der Waals surface area contributed by atoms with Crippen LogP contribution in [0.15, 0.2) is 52.4 Å². The fourth-order valence-corrected chi connectivity index (χ4v) is 2.80. The average Bonchev–Trinajstić information content (AvgIpc) is 2.53. The van der Waals surface area contributed by atoms with Crippen LogP contribution >= 0.6 is 23.4 Å². The highest BCUT2D eigenvalue weighted by molar-refractivity contribution is 7.99. The Balaban J connectivity index is 1.81. The number of nitrogens with two attached hydrogens (primary N) is 1. The number of methoxy groups -OCH3 is 1. The van der Waals surface area contributed by atoms with Gasteiger partial charge < -0.3 is 15.8 Å². The molecular weight excluding hydrogens is 337 g/mol. The van der Waals surface area contributed by atoms with Crippen LogP contribution in [0, 0.1) is 5.82 Å². The molecule has 0 saturated heterocycles. The number of halogens is 2. The molecule has 0 aromatic heterocycles. The number of ether oxygens (including phenoxy) is 1. The second-order valence-electron chi connectivity index (χ2n) is 4.54. The summed E-state index contributed by atoms with van der Waals surface area (Å²) in [4.78, 5) is 5.23. The van der Waals surface area contributed by atoms with Crippen molar-refractivity contribution in [3.05, 3.63) is 53.3 Å². The van der Waals surface area contributed by atoms with E-state index in [1.54, 1.807) is 49.2 Å². The molecule has 0 spiro atoms. The molecule has 0 heterocycles. The third-order valence-corrected chi connectivity index (χ3v) is 4.17. The summed E-state index contributed by atoms with van der Waals surface area (Å²) < 4.78 is 17.9. The Hall–Kier alpha value is -1.92. The topological polar surface area (TPSA) is 59.6 Å². The molecule has 2 aromatic carbocycles. The largest absolute Gasteiger partial charge is 0.495 e. The lowest BCUT2D eigenvalue weighted by Gasteiger charge is -2.08. The molecule has 0 aliphatic carbocycles. The maximum absolute atomic E-state index is 12.8. The van der Waals surface area contributed by atoms with Crippen molar-refractivity contribution >= 4 is 35.0 Å². The molecule has 2 aromatic rings. The van der Waals surface area contributed by atoms with E-state index in [1.807, 2.05) is 0 Å². The van der Waals surface area contributed by atoms with Crippen LogP contribution in [0.5, 0.6) is 5.75 Å². The van der Waals surface area contributed by atoms with Gasteiger partial charge in [0, 0.05) is 16.3 Å². The lowest BCUT2D eigenvalue weighted by atomic mass is 10.3. The van der Waals surface area contributed by atoms with Crippen LogP contribution in [0.3, 0.4) is 0 Å². The average molecular weight is 354 g/mol. The first kappa shape index (κ1) is 17.4. The van der Waals surface area contributed by atoms with Gasteiger partial charge in [0.1, 0.15) is 11.6 Å². The van der Waals surface area contributed by atoms with Crippen molar-refractivity contribution in [2.45, 2.75) is 4.90 Å². The van der Waals surface area contributed by atoms with Crippen LogP contribution in [0.4, 0.5) is 10.1 Å². The SMILES string of the molecule is COc1ccc(NC(N)=NCCSc2ccc(F)cc2)cc1Cl. The number of thioether (sulfide) groups is 1. The molecule has 122 valence electrons. The van der Waals surface area contributed by atoms with E-state index < -0.39 is 0 Å². The van der Waals surface area contributed by atoms with Crippen molar-refractivity contribution in [3.8, 4) is 5.75 Å². The van der Waals surface area contributed by atoms with E-state index in [1.165, 1.54) is 12.1 Å². The van der Waals surface area contributed by atoms with Crippen molar-refractivity contribution in [2.75, 3.05) is 24.7 Å². The van der Waals surface area contributed by atoms with E-state index in [9.17, 15) is 4.39 Å². The third-order valence-electron chi connectivity index (χ3n) is 2.88. The first-order valence-corrected chi connectivity index (χ1v) is 8.23. The molecular formula is C16H17ClFN3OS. The number of nitrogens with one attached hydrogen (secondary N) is 1. The second-order valence-corrected chi connectivity index (χ2v) is 6.12. The van der Waals surface area contributed by atoms with E-state index >= 15 is 0 Å². The van der Waals surface area contributed by atoms with Gasteiger partial charge in [-0.25, -0.2) is 4.39 Å². The number of rotatable bonds is 6. The number of guanidine groups is 1. The third kappa shape index (κ3) is 5.65. The summed E-state index contributed by atoms with van der Waals surface area (Å²) in [5, 5.41) is 3.47. The quantitative estimate of drug-likeness (QED) is 0.356. The lowest BCUT2D eigenvalue weighted by Crippen LogP contribution is -2.23. The first-order valence-electron chi connectivity index (χ1n) is 6.87. The molecule has 7 heteroatoms. The Morgan fingerprint density at radius 1 is 1.30 bits per heavy atom. The normalized spacial score (nSPS) is 11.3. The van der Waals surface area contributed by atoms with Crippen molar-refractivity contribution in [2.24, 2.45) is 10.7 Å². The minimum absolute atomic E-state index is 0.237. The Labute approximate surface area is 143 Å². The standard InChI is InChI=1S/C16H17ClFN3OS/c1-22-15-7-4-12(10-14(15)17)21-16(19)20-8-9-23-13-5-2-11(18)3-6-13/h2-7,10H,8-9H2,1H3,(H3,19,20,21). The molecule has 0 aliphatic rings. The summed E-state index contributed by atoms with van der Waals surface area (Å²) in [6.45, 7) is 0.546.